The molecule has 0 aromatic heterocycles. The van der Waals surface area contributed by atoms with E-state index < -0.39 is 0 Å². The molecule has 0 amide bonds. The number of aliphatic hydroxyl groups is 1. The number of benzene rings is 1. The summed E-state index contributed by atoms with van der Waals surface area (Å²) in [6.07, 6.45) is 0.614. The Kier molecular flexibility index (Phi) is 3.75. The third kappa shape index (κ3) is 2.88. The van der Waals surface area contributed by atoms with Crippen LogP contribution < -0.4 is 11.1 Å². The van der Waals surface area contributed by atoms with Crippen LogP contribution in [0.1, 0.15) is 25.8 Å². The molecular weight excluding hydrogens is 202 g/mol. The van der Waals surface area contributed by atoms with Gasteiger partial charge in [0.1, 0.15) is 6.07 Å². The number of nitriles is 1. The van der Waals surface area contributed by atoms with Gasteiger partial charge in [0.05, 0.1) is 16.9 Å². The molecule has 0 saturated heterocycles. The lowest BCUT2D eigenvalue weighted by Gasteiger charge is -2.27. The van der Waals surface area contributed by atoms with Crippen LogP contribution in [0.15, 0.2) is 18.2 Å². The fraction of sp³-hybridized carbons (Fsp3) is 0.417. The number of hydrogen-bond donors (Lipinski definition) is 3. The Morgan fingerprint density at radius 3 is 2.75 bits per heavy atom. The topological polar surface area (TPSA) is 82.1 Å². The monoisotopic (exact) mass is 219 g/mol. The Labute approximate surface area is 95.7 Å². The molecule has 0 heterocycles. The van der Waals surface area contributed by atoms with E-state index in [9.17, 15) is 0 Å². The van der Waals surface area contributed by atoms with Crippen LogP contribution in [0, 0.1) is 11.3 Å². The molecule has 0 saturated carbocycles. The second-order valence-corrected chi connectivity index (χ2v) is 4.36. The molecule has 86 valence electrons. The third-order valence-corrected chi connectivity index (χ3v) is 2.44. The maximum atomic E-state index is 8.93. The second-order valence-electron chi connectivity index (χ2n) is 4.36. The molecule has 0 aliphatic heterocycles. The first kappa shape index (κ1) is 12.3. The molecule has 0 radical (unpaired) electrons. The minimum atomic E-state index is -0.253. The van der Waals surface area contributed by atoms with E-state index in [1.54, 1.807) is 12.1 Å². The van der Waals surface area contributed by atoms with Gasteiger partial charge in [-0.3, -0.25) is 0 Å². The van der Waals surface area contributed by atoms with Gasteiger partial charge in [-0.05, 0) is 32.4 Å². The van der Waals surface area contributed by atoms with Crippen LogP contribution in [0.3, 0.4) is 0 Å². The molecule has 4 heteroatoms. The average Bonchev–Trinajstić information content (AvgIpc) is 2.21. The minimum absolute atomic E-state index is 0.109. The normalized spacial score (nSPS) is 10.9. The molecular formula is C12H17N3O. The molecule has 4 N–H and O–H groups in total. The first-order valence-corrected chi connectivity index (χ1v) is 5.18. The summed E-state index contributed by atoms with van der Waals surface area (Å²) in [7, 11) is 0. The van der Waals surface area contributed by atoms with E-state index in [0.717, 1.165) is 5.69 Å². The van der Waals surface area contributed by atoms with Crippen LogP contribution in [0.4, 0.5) is 11.4 Å². The fourth-order valence-corrected chi connectivity index (χ4v) is 1.48. The van der Waals surface area contributed by atoms with Crippen molar-refractivity contribution in [1.82, 2.24) is 0 Å². The highest BCUT2D eigenvalue weighted by atomic mass is 16.3. The number of rotatable bonds is 4. The van der Waals surface area contributed by atoms with Crippen LogP contribution in [0.5, 0.6) is 0 Å². The smallest absolute Gasteiger partial charge is 0.101 e. The van der Waals surface area contributed by atoms with Crippen molar-refractivity contribution < 1.29 is 5.11 Å². The lowest BCUT2D eigenvalue weighted by molar-refractivity contribution is 0.261. The molecule has 0 atom stereocenters. The van der Waals surface area contributed by atoms with Crippen molar-refractivity contribution in [2.75, 3.05) is 17.7 Å². The molecule has 4 nitrogen and oxygen atoms in total. The first-order valence-electron chi connectivity index (χ1n) is 5.18. The van der Waals surface area contributed by atoms with Crippen molar-refractivity contribution in [2.24, 2.45) is 0 Å². The molecule has 1 aromatic carbocycles. The second kappa shape index (κ2) is 4.86. The Balaban J connectivity index is 2.94. The van der Waals surface area contributed by atoms with Gasteiger partial charge in [-0.2, -0.15) is 5.26 Å². The lowest BCUT2D eigenvalue weighted by Crippen LogP contribution is -2.32. The van der Waals surface area contributed by atoms with Gasteiger partial charge in [-0.25, -0.2) is 0 Å². The molecule has 0 fully saturated rings. The van der Waals surface area contributed by atoms with Crippen molar-refractivity contribution in [3.05, 3.63) is 23.8 Å². The molecule has 0 unspecified atom stereocenters. The van der Waals surface area contributed by atoms with Gasteiger partial charge in [0.25, 0.3) is 0 Å². The summed E-state index contributed by atoms with van der Waals surface area (Å²) in [5.41, 5.74) is 7.25. The SMILES string of the molecule is CC(C)(CCO)Nc1cccc(C#N)c1N. The third-order valence-electron chi connectivity index (χ3n) is 2.44. The molecule has 0 aliphatic rings. The summed E-state index contributed by atoms with van der Waals surface area (Å²) in [5.74, 6) is 0. The highest BCUT2D eigenvalue weighted by Crippen LogP contribution is 2.26. The minimum Gasteiger partial charge on any atom is -0.396 e. The molecule has 1 aromatic rings. The van der Waals surface area contributed by atoms with E-state index in [-0.39, 0.29) is 12.1 Å². The average molecular weight is 219 g/mol. The number of aliphatic hydroxyl groups excluding tert-OH is 1. The highest BCUT2D eigenvalue weighted by molar-refractivity contribution is 5.73. The van der Waals surface area contributed by atoms with Crippen molar-refractivity contribution >= 4 is 11.4 Å². The molecule has 1 rings (SSSR count). The van der Waals surface area contributed by atoms with Gasteiger partial charge >= 0.3 is 0 Å². The van der Waals surface area contributed by atoms with E-state index in [0.29, 0.717) is 17.7 Å². The lowest BCUT2D eigenvalue weighted by atomic mass is 10.00. The summed E-state index contributed by atoms with van der Waals surface area (Å²) in [4.78, 5) is 0. The zero-order chi connectivity index (χ0) is 12.2. The predicted molar refractivity (Wildman–Crippen MR) is 65.0 cm³/mol. The van der Waals surface area contributed by atoms with Gasteiger partial charge in [-0.1, -0.05) is 6.07 Å². The number of nitrogens with two attached hydrogens (primary N) is 1. The highest BCUT2D eigenvalue weighted by Gasteiger charge is 2.18. The van der Waals surface area contributed by atoms with Gasteiger partial charge in [0.2, 0.25) is 0 Å². The molecule has 16 heavy (non-hydrogen) atoms. The van der Waals surface area contributed by atoms with E-state index in [1.165, 1.54) is 0 Å². The van der Waals surface area contributed by atoms with Gasteiger partial charge in [0, 0.05) is 12.1 Å². The zero-order valence-electron chi connectivity index (χ0n) is 9.62. The van der Waals surface area contributed by atoms with E-state index in [1.807, 2.05) is 26.0 Å². The number of hydrogen-bond acceptors (Lipinski definition) is 4. The van der Waals surface area contributed by atoms with Gasteiger partial charge < -0.3 is 16.2 Å². The Hall–Kier alpha value is -1.73. The van der Waals surface area contributed by atoms with Crippen LogP contribution in [0.25, 0.3) is 0 Å². The number of nitrogens with one attached hydrogen (secondary N) is 1. The van der Waals surface area contributed by atoms with E-state index >= 15 is 0 Å². The van der Waals surface area contributed by atoms with E-state index in [2.05, 4.69) is 5.32 Å². The van der Waals surface area contributed by atoms with Crippen LogP contribution in [-0.2, 0) is 0 Å². The van der Waals surface area contributed by atoms with Crippen molar-refractivity contribution in [3.8, 4) is 6.07 Å². The number of nitrogen functional groups attached to an aromatic ring is 1. The van der Waals surface area contributed by atoms with Crippen molar-refractivity contribution in [3.63, 3.8) is 0 Å². The van der Waals surface area contributed by atoms with Crippen LogP contribution in [-0.4, -0.2) is 17.3 Å². The summed E-state index contributed by atoms with van der Waals surface area (Å²) in [6.45, 7) is 4.06. The first-order chi connectivity index (χ1) is 7.50. The summed E-state index contributed by atoms with van der Waals surface area (Å²) >= 11 is 0. The summed E-state index contributed by atoms with van der Waals surface area (Å²) < 4.78 is 0. The zero-order valence-corrected chi connectivity index (χ0v) is 9.62. The fourth-order valence-electron chi connectivity index (χ4n) is 1.48. The summed E-state index contributed by atoms with van der Waals surface area (Å²) in [5, 5.41) is 21.0. The number of para-hydroxylation sites is 1. The van der Waals surface area contributed by atoms with Crippen molar-refractivity contribution in [2.45, 2.75) is 25.8 Å². The maximum absolute atomic E-state index is 8.93. The molecule has 0 spiro atoms. The van der Waals surface area contributed by atoms with E-state index in [4.69, 9.17) is 16.1 Å². The van der Waals surface area contributed by atoms with Gasteiger partial charge in [0.15, 0.2) is 0 Å². The number of nitrogens with zero attached hydrogens (tertiary/aromatic N) is 1. The van der Waals surface area contributed by atoms with Gasteiger partial charge in [-0.15, -0.1) is 0 Å². The largest absolute Gasteiger partial charge is 0.396 e. The predicted octanol–water partition coefficient (Wildman–Crippen LogP) is 1.71. The Morgan fingerprint density at radius 1 is 1.50 bits per heavy atom. The quantitative estimate of drug-likeness (QED) is 0.673. The Bertz CT molecular complexity index is 407. The molecule has 0 aliphatic carbocycles. The summed E-state index contributed by atoms with van der Waals surface area (Å²) in [6, 6.07) is 7.33. The Morgan fingerprint density at radius 2 is 2.19 bits per heavy atom. The van der Waals surface area contributed by atoms with Crippen LogP contribution >= 0.6 is 0 Å². The maximum Gasteiger partial charge on any atom is 0.101 e. The molecule has 0 bridgehead atoms. The van der Waals surface area contributed by atoms with Crippen LogP contribution in [0.2, 0.25) is 0 Å². The standard InChI is InChI=1S/C12H17N3O/c1-12(2,6-7-16)15-10-5-3-4-9(8-13)11(10)14/h3-5,15-16H,6-7,14H2,1-2H3. The number of anilines is 2. The van der Waals surface area contributed by atoms with Crippen molar-refractivity contribution in [1.29, 1.82) is 5.26 Å².